The second kappa shape index (κ2) is 6.91. The van der Waals surface area contributed by atoms with Crippen LogP contribution in [0.1, 0.15) is 23.3 Å². The van der Waals surface area contributed by atoms with Gasteiger partial charge in [-0.15, -0.1) is 0 Å². The summed E-state index contributed by atoms with van der Waals surface area (Å²) in [6.07, 6.45) is 7.25. The molecule has 0 saturated carbocycles. The Morgan fingerprint density at radius 2 is 2.25 bits per heavy atom. The zero-order valence-corrected chi connectivity index (χ0v) is 11.7. The SMILES string of the molecule is Nc1ccc(Cl)c(C(=O)NCCCCn2ccnc2)n1. The molecule has 2 rings (SSSR count). The largest absolute Gasteiger partial charge is 0.384 e. The summed E-state index contributed by atoms with van der Waals surface area (Å²) < 4.78 is 2.00. The van der Waals surface area contributed by atoms with Gasteiger partial charge in [-0.25, -0.2) is 9.97 Å². The number of imidazole rings is 1. The molecule has 2 aromatic rings. The second-order valence-corrected chi connectivity index (χ2v) is 4.74. The fourth-order valence-corrected chi connectivity index (χ4v) is 1.93. The van der Waals surface area contributed by atoms with Gasteiger partial charge in [0.1, 0.15) is 11.5 Å². The number of nitrogens with one attached hydrogen (secondary N) is 1. The number of halogens is 1. The molecular weight excluding hydrogens is 278 g/mol. The van der Waals surface area contributed by atoms with Crippen molar-refractivity contribution in [3.05, 3.63) is 41.6 Å². The van der Waals surface area contributed by atoms with Crippen molar-refractivity contribution in [2.75, 3.05) is 12.3 Å². The zero-order chi connectivity index (χ0) is 14.4. The van der Waals surface area contributed by atoms with E-state index in [-0.39, 0.29) is 17.4 Å². The topological polar surface area (TPSA) is 85.8 Å². The van der Waals surface area contributed by atoms with Crippen LogP contribution in [0.5, 0.6) is 0 Å². The molecule has 2 heterocycles. The number of nitrogen functional groups attached to an aromatic ring is 1. The smallest absolute Gasteiger partial charge is 0.271 e. The predicted molar refractivity (Wildman–Crippen MR) is 77.5 cm³/mol. The van der Waals surface area contributed by atoms with Crippen LogP contribution >= 0.6 is 11.6 Å². The number of aryl methyl sites for hydroxylation is 1. The van der Waals surface area contributed by atoms with Gasteiger partial charge in [0.05, 0.1) is 11.3 Å². The molecule has 0 atom stereocenters. The standard InChI is InChI=1S/C13H16ClN5O/c14-10-3-4-11(15)18-12(10)13(20)17-5-1-2-7-19-8-6-16-9-19/h3-4,6,8-9H,1-2,5,7H2,(H2,15,18)(H,17,20). The molecule has 0 saturated heterocycles. The van der Waals surface area contributed by atoms with Crippen molar-refractivity contribution in [1.82, 2.24) is 19.9 Å². The Morgan fingerprint density at radius 3 is 3.00 bits per heavy atom. The van der Waals surface area contributed by atoms with E-state index in [1.54, 1.807) is 24.7 Å². The van der Waals surface area contributed by atoms with Gasteiger partial charge in [0.2, 0.25) is 0 Å². The van der Waals surface area contributed by atoms with E-state index in [0.717, 1.165) is 19.4 Å². The van der Waals surface area contributed by atoms with Crippen molar-refractivity contribution < 1.29 is 4.79 Å². The van der Waals surface area contributed by atoms with Gasteiger partial charge in [0.25, 0.3) is 5.91 Å². The number of amides is 1. The fraction of sp³-hybridized carbons (Fsp3) is 0.308. The number of carbonyl (C=O) groups excluding carboxylic acids is 1. The maximum atomic E-state index is 11.9. The van der Waals surface area contributed by atoms with Gasteiger partial charge >= 0.3 is 0 Å². The highest BCUT2D eigenvalue weighted by Gasteiger charge is 2.11. The molecule has 6 nitrogen and oxygen atoms in total. The van der Waals surface area contributed by atoms with Gasteiger partial charge in [0, 0.05) is 25.5 Å². The third-order valence-electron chi connectivity index (χ3n) is 2.77. The van der Waals surface area contributed by atoms with Crippen LogP contribution in [0.4, 0.5) is 5.82 Å². The van der Waals surface area contributed by atoms with E-state index in [0.29, 0.717) is 11.6 Å². The van der Waals surface area contributed by atoms with E-state index in [9.17, 15) is 4.79 Å². The van der Waals surface area contributed by atoms with Gasteiger partial charge in [-0.3, -0.25) is 4.79 Å². The first kappa shape index (κ1) is 14.3. The minimum absolute atomic E-state index is 0.168. The van der Waals surface area contributed by atoms with Crippen LogP contribution in [-0.2, 0) is 6.54 Å². The minimum Gasteiger partial charge on any atom is -0.384 e. The normalized spacial score (nSPS) is 10.4. The summed E-state index contributed by atoms with van der Waals surface area (Å²) in [5, 5.41) is 3.08. The number of anilines is 1. The first-order chi connectivity index (χ1) is 9.66. The maximum absolute atomic E-state index is 11.9. The van der Waals surface area contributed by atoms with Crippen LogP contribution in [0, 0.1) is 0 Å². The molecule has 0 aliphatic heterocycles. The lowest BCUT2D eigenvalue weighted by Crippen LogP contribution is -2.26. The summed E-state index contributed by atoms with van der Waals surface area (Å²) in [5.74, 6) is -0.0235. The van der Waals surface area contributed by atoms with Gasteiger partial charge in [-0.2, -0.15) is 0 Å². The van der Waals surface area contributed by atoms with Gasteiger partial charge in [0.15, 0.2) is 0 Å². The Balaban J connectivity index is 1.73. The second-order valence-electron chi connectivity index (χ2n) is 4.33. The van der Waals surface area contributed by atoms with Crippen molar-refractivity contribution >= 4 is 23.3 Å². The van der Waals surface area contributed by atoms with Gasteiger partial charge < -0.3 is 15.6 Å². The van der Waals surface area contributed by atoms with Crippen LogP contribution in [0.2, 0.25) is 5.02 Å². The molecule has 106 valence electrons. The number of nitrogens with zero attached hydrogens (tertiary/aromatic N) is 3. The number of carbonyl (C=O) groups is 1. The van der Waals surface area contributed by atoms with E-state index in [4.69, 9.17) is 17.3 Å². The van der Waals surface area contributed by atoms with Crippen molar-refractivity contribution in [3.63, 3.8) is 0 Å². The third-order valence-corrected chi connectivity index (χ3v) is 3.08. The van der Waals surface area contributed by atoms with E-state index in [1.165, 1.54) is 0 Å². The van der Waals surface area contributed by atoms with Crippen LogP contribution in [-0.4, -0.2) is 27.0 Å². The number of aromatic nitrogens is 3. The van der Waals surface area contributed by atoms with Crippen molar-refractivity contribution in [1.29, 1.82) is 0 Å². The summed E-state index contributed by atoms with van der Waals surface area (Å²) in [7, 11) is 0. The van der Waals surface area contributed by atoms with Crippen LogP contribution in [0.15, 0.2) is 30.9 Å². The Morgan fingerprint density at radius 1 is 1.40 bits per heavy atom. The Bertz CT molecular complexity index is 570. The zero-order valence-electron chi connectivity index (χ0n) is 10.9. The highest BCUT2D eigenvalue weighted by atomic mass is 35.5. The number of hydrogen-bond donors (Lipinski definition) is 2. The quantitative estimate of drug-likeness (QED) is 0.794. The summed E-state index contributed by atoms with van der Waals surface area (Å²) in [6, 6.07) is 3.13. The van der Waals surface area contributed by atoms with Crippen molar-refractivity contribution in [2.45, 2.75) is 19.4 Å². The van der Waals surface area contributed by atoms with Gasteiger partial charge in [-0.1, -0.05) is 11.6 Å². The highest BCUT2D eigenvalue weighted by molar-refractivity contribution is 6.33. The molecule has 0 radical (unpaired) electrons. The summed E-state index contributed by atoms with van der Waals surface area (Å²) in [5.41, 5.74) is 5.71. The molecule has 0 aliphatic rings. The Hall–Kier alpha value is -2.08. The molecule has 20 heavy (non-hydrogen) atoms. The molecule has 0 aliphatic carbocycles. The Labute approximate surface area is 122 Å². The Kier molecular flexibility index (Phi) is 4.95. The minimum atomic E-state index is -0.301. The number of rotatable bonds is 6. The predicted octanol–water partition coefficient (Wildman–Crippen LogP) is 1.72. The molecule has 0 bridgehead atoms. The summed E-state index contributed by atoms with van der Waals surface area (Å²) >= 11 is 5.91. The van der Waals surface area contributed by atoms with E-state index >= 15 is 0 Å². The van der Waals surface area contributed by atoms with E-state index < -0.39 is 0 Å². The number of unbranched alkanes of at least 4 members (excludes halogenated alkanes) is 1. The van der Waals surface area contributed by atoms with Crippen LogP contribution < -0.4 is 11.1 Å². The first-order valence-corrected chi connectivity index (χ1v) is 6.70. The lowest BCUT2D eigenvalue weighted by Gasteiger charge is -2.07. The van der Waals surface area contributed by atoms with E-state index in [1.807, 2.05) is 10.8 Å². The summed E-state index contributed by atoms with van der Waals surface area (Å²) in [4.78, 5) is 19.8. The van der Waals surface area contributed by atoms with Gasteiger partial charge in [-0.05, 0) is 25.0 Å². The lowest BCUT2D eigenvalue weighted by atomic mass is 10.3. The average molecular weight is 294 g/mol. The van der Waals surface area contributed by atoms with Crippen LogP contribution in [0.3, 0.4) is 0 Å². The molecule has 1 amide bonds. The lowest BCUT2D eigenvalue weighted by molar-refractivity contribution is 0.0948. The molecular formula is C13H16ClN5O. The molecule has 0 fully saturated rings. The van der Waals surface area contributed by atoms with Crippen LogP contribution in [0.25, 0.3) is 0 Å². The first-order valence-electron chi connectivity index (χ1n) is 6.33. The molecule has 0 aromatic carbocycles. The fourth-order valence-electron chi connectivity index (χ4n) is 1.74. The van der Waals surface area contributed by atoms with Crippen molar-refractivity contribution in [2.24, 2.45) is 0 Å². The molecule has 7 heteroatoms. The molecule has 0 spiro atoms. The molecule has 2 aromatic heterocycles. The van der Waals surface area contributed by atoms with E-state index in [2.05, 4.69) is 15.3 Å². The average Bonchev–Trinajstić information content (AvgIpc) is 2.94. The number of nitrogens with two attached hydrogens (primary N) is 1. The highest BCUT2D eigenvalue weighted by Crippen LogP contribution is 2.14. The number of pyridine rings is 1. The summed E-state index contributed by atoms with van der Waals surface area (Å²) in [6.45, 7) is 1.45. The maximum Gasteiger partial charge on any atom is 0.271 e. The third kappa shape index (κ3) is 3.96. The molecule has 3 N–H and O–H groups in total. The molecule has 0 unspecified atom stereocenters. The number of hydrogen-bond acceptors (Lipinski definition) is 4. The van der Waals surface area contributed by atoms with Crippen molar-refractivity contribution in [3.8, 4) is 0 Å². The monoisotopic (exact) mass is 293 g/mol.